The molecule has 0 aliphatic carbocycles. The smallest absolute Gasteiger partial charge is 0.390 e. The second kappa shape index (κ2) is 6.01. The first-order chi connectivity index (χ1) is 9.74. The average Bonchev–Trinajstić information content (AvgIpc) is 2.42. The molecule has 0 atom stereocenters. The summed E-state index contributed by atoms with van der Waals surface area (Å²) in [6, 6.07) is 4.92. The minimum Gasteiger partial charge on any atom is -0.390 e. The number of aromatic nitrogens is 1. The third kappa shape index (κ3) is 3.43. The fourth-order valence-electron chi connectivity index (χ4n) is 1.75. The predicted molar refractivity (Wildman–Crippen MR) is 75.6 cm³/mol. The second-order valence-corrected chi connectivity index (χ2v) is 5.29. The maximum Gasteiger partial charge on any atom is 0.433 e. The number of halogens is 6. The summed E-state index contributed by atoms with van der Waals surface area (Å²) in [6.45, 7) is -0.656. The zero-order chi connectivity index (χ0) is 15.8. The molecule has 112 valence electrons. The van der Waals surface area contributed by atoms with Crippen LogP contribution in [0.15, 0.2) is 24.3 Å². The molecule has 1 heterocycles. The Bertz CT molecular complexity index is 666. The maximum atomic E-state index is 12.6. The van der Waals surface area contributed by atoms with E-state index in [1.165, 1.54) is 18.2 Å². The lowest BCUT2D eigenvalue weighted by atomic mass is 10.0. The van der Waals surface area contributed by atoms with Crippen LogP contribution in [0, 0.1) is 0 Å². The van der Waals surface area contributed by atoms with E-state index < -0.39 is 18.5 Å². The van der Waals surface area contributed by atoms with Crippen molar-refractivity contribution in [2.24, 2.45) is 0 Å². The van der Waals surface area contributed by atoms with Gasteiger partial charge in [-0.05, 0) is 23.8 Å². The van der Waals surface area contributed by atoms with Crippen LogP contribution in [0.2, 0.25) is 15.1 Å². The first-order valence-electron chi connectivity index (χ1n) is 5.57. The van der Waals surface area contributed by atoms with E-state index in [-0.39, 0.29) is 20.8 Å². The van der Waals surface area contributed by atoms with Gasteiger partial charge in [0.1, 0.15) is 5.69 Å². The second-order valence-electron chi connectivity index (χ2n) is 4.10. The van der Waals surface area contributed by atoms with E-state index in [0.29, 0.717) is 11.1 Å². The number of aliphatic hydroxyl groups excluding tert-OH is 1. The van der Waals surface area contributed by atoms with Crippen molar-refractivity contribution in [3.05, 3.63) is 50.7 Å². The fraction of sp³-hybridized carbons (Fsp3) is 0.154. The third-order valence-corrected chi connectivity index (χ3v) is 3.91. The number of alkyl halides is 3. The van der Waals surface area contributed by atoms with E-state index in [4.69, 9.17) is 34.8 Å². The van der Waals surface area contributed by atoms with Gasteiger partial charge in [0.05, 0.1) is 27.4 Å². The fourth-order valence-corrected chi connectivity index (χ4v) is 2.35. The molecule has 0 unspecified atom stereocenters. The van der Waals surface area contributed by atoms with Crippen molar-refractivity contribution in [2.75, 3.05) is 0 Å². The molecule has 0 fully saturated rings. The van der Waals surface area contributed by atoms with Gasteiger partial charge in [0.2, 0.25) is 0 Å². The maximum absolute atomic E-state index is 12.6. The van der Waals surface area contributed by atoms with Crippen LogP contribution in [0.3, 0.4) is 0 Å². The van der Waals surface area contributed by atoms with Gasteiger partial charge in [-0.3, -0.25) is 0 Å². The van der Waals surface area contributed by atoms with Crippen LogP contribution in [-0.4, -0.2) is 10.1 Å². The molecule has 0 saturated heterocycles. The van der Waals surface area contributed by atoms with Gasteiger partial charge in [-0.2, -0.15) is 13.2 Å². The van der Waals surface area contributed by atoms with Crippen LogP contribution in [0.1, 0.15) is 11.4 Å². The molecule has 8 heteroatoms. The Morgan fingerprint density at radius 2 is 1.62 bits per heavy atom. The number of rotatable bonds is 2. The molecule has 0 saturated carbocycles. The van der Waals surface area contributed by atoms with E-state index in [9.17, 15) is 18.3 Å². The summed E-state index contributed by atoms with van der Waals surface area (Å²) >= 11 is 17.6. The Balaban J connectivity index is 2.59. The van der Waals surface area contributed by atoms with Crippen LogP contribution in [0.4, 0.5) is 13.2 Å². The SMILES string of the molecule is OCc1nc(C(F)(F)F)ccc1-c1cc(Cl)c(Cl)c(Cl)c1. The number of hydrogen-bond acceptors (Lipinski definition) is 2. The van der Waals surface area contributed by atoms with Crippen molar-refractivity contribution in [1.82, 2.24) is 4.98 Å². The van der Waals surface area contributed by atoms with E-state index in [2.05, 4.69) is 4.98 Å². The van der Waals surface area contributed by atoms with Crippen LogP contribution < -0.4 is 0 Å². The average molecular weight is 357 g/mol. The Hall–Kier alpha value is -1.01. The molecule has 0 spiro atoms. The van der Waals surface area contributed by atoms with Gasteiger partial charge < -0.3 is 5.11 Å². The molecule has 1 aromatic heterocycles. The van der Waals surface area contributed by atoms with Gasteiger partial charge in [-0.15, -0.1) is 0 Å². The zero-order valence-corrected chi connectivity index (χ0v) is 12.4. The van der Waals surface area contributed by atoms with Crippen LogP contribution in [0.5, 0.6) is 0 Å². The van der Waals surface area contributed by atoms with E-state index in [1.807, 2.05) is 0 Å². The van der Waals surface area contributed by atoms with Crippen molar-refractivity contribution in [2.45, 2.75) is 12.8 Å². The van der Waals surface area contributed by atoms with Gasteiger partial charge in [-0.25, -0.2) is 4.98 Å². The molecule has 21 heavy (non-hydrogen) atoms. The normalized spacial score (nSPS) is 11.8. The predicted octanol–water partition coefficient (Wildman–Crippen LogP) is 5.22. The summed E-state index contributed by atoms with van der Waals surface area (Å²) in [5.41, 5.74) is -0.494. The molecule has 0 radical (unpaired) electrons. The standard InChI is InChI=1S/C13H7Cl3F3NO/c14-8-3-6(4-9(15)12(8)16)7-1-2-11(13(17,18)19)20-10(7)5-21/h1-4,21H,5H2. The highest BCUT2D eigenvalue weighted by molar-refractivity contribution is 6.48. The number of hydrogen-bond donors (Lipinski definition) is 1. The molecule has 2 nitrogen and oxygen atoms in total. The topological polar surface area (TPSA) is 33.1 Å². The summed E-state index contributed by atoms with van der Waals surface area (Å²) in [7, 11) is 0. The molecule has 2 rings (SSSR count). The summed E-state index contributed by atoms with van der Waals surface area (Å²) in [4.78, 5) is 3.43. The minimum atomic E-state index is -4.59. The molecule has 1 aromatic carbocycles. The van der Waals surface area contributed by atoms with Crippen molar-refractivity contribution in [3.8, 4) is 11.1 Å². The lowest BCUT2D eigenvalue weighted by molar-refractivity contribution is -0.141. The van der Waals surface area contributed by atoms with Gasteiger partial charge in [-0.1, -0.05) is 40.9 Å². The van der Waals surface area contributed by atoms with Crippen molar-refractivity contribution in [1.29, 1.82) is 0 Å². The minimum absolute atomic E-state index is 0.126. The number of pyridine rings is 1. The monoisotopic (exact) mass is 355 g/mol. The van der Waals surface area contributed by atoms with Gasteiger partial charge in [0.15, 0.2) is 0 Å². The molecular weight excluding hydrogens is 350 g/mol. The Morgan fingerprint density at radius 3 is 2.10 bits per heavy atom. The van der Waals surface area contributed by atoms with Gasteiger partial charge >= 0.3 is 6.18 Å². The van der Waals surface area contributed by atoms with Gasteiger partial charge in [0.25, 0.3) is 0 Å². The first-order valence-corrected chi connectivity index (χ1v) is 6.70. The van der Waals surface area contributed by atoms with Crippen LogP contribution >= 0.6 is 34.8 Å². The summed E-state index contributed by atoms with van der Waals surface area (Å²) < 4.78 is 37.8. The first kappa shape index (κ1) is 16.4. The largest absolute Gasteiger partial charge is 0.433 e. The zero-order valence-electron chi connectivity index (χ0n) is 10.2. The molecule has 2 aromatic rings. The third-order valence-electron chi connectivity index (χ3n) is 2.71. The van der Waals surface area contributed by atoms with E-state index in [0.717, 1.165) is 6.07 Å². The van der Waals surface area contributed by atoms with Crippen molar-refractivity contribution < 1.29 is 18.3 Å². The molecule has 1 N–H and O–H groups in total. The molecular formula is C13H7Cl3F3NO. The van der Waals surface area contributed by atoms with Crippen molar-refractivity contribution in [3.63, 3.8) is 0 Å². The highest BCUT2D eigenvalue weighted by Gasteiger charge is 2.33. The molecule has 0 bridgehead atoms. The number of nitrogens with zero attached hydrogens (tertiary/aromatic N) is 1. The molecule has 0 aliphatic rings. The van der Waals surface area contributed by atoms with Crippen LogP contribution in [-0.2, 0) is 12.8 Å². The lowest BCUT2D eigenvalue weighted by Gasteiger charge is -2.12. The van der Waals surface area contributed by atoms with Crippen LogP contribution in [0.25, 0.3) is 11.1 Å². The highest BCUT2D eigenvalue weighted by Crippen LogP contribution is 2.37. The summed E-state index contributed by atoms with van der Waals surface area (Å²) in [6.07, 6.45) is -4.59. The number of aliphatic hydroxyl groups is 1. The highest BCUT2D eigenvalue weighted by atomic mass is 35.5. The Morgan fingerprint density at radius 1 is 1.05 bits per heavy atom. The molecule has 0 amide bonds. The summed E-state index contributed by atoms with van der Waals surface area (Å²) in [5, 5.41) is 9.70. The van der Waals surface area contributed by atoms with E-state index in [1.54, 1.807) is 0 Å². The Labute approximate surface area is 133 Å². The lowest BCUT2D eigenvalue weighted by Crippen LogP contribution is -2.10. The molecule has 0 aliphatic heterocycles. The van der Waals surface area contributed by atoms with Crippen molar-refractivity contribution >= 4 is 34.8 Å². The Kier molecular flexibility index (Phi) is 4.68. The van der Waals surface area contributed by atoms with Gasteiger partial charge in [0, 0.05) is 5.56 Å². The quantitative estimate of drug-likeness (QED) is 0.748. The van der Waals surface area contributed by atoms with E-state index >= 15 is 0 Å². The number of benzene rings is 1. The summed E-state index contributed by atoms with van der Waals surface area (Å²) in [5.74, 6) is 0.